The van der Waals surface area contributed by atoms with Crippen LogP contribution in [0.15, 0.2) is 22.0 Å². The van der Waals surface area contributed by atoms with Crippen LogP contribution in [0.1, 0.15) is 18.7 Å². The van der Waals surface area contributed by atoms with Gasteiger partial charge in [0.1, 0.15) is 0 Å². The first-order valence-electron chi connectivity index (χ1n) is 8.19. The lowest BCUT2D eigenvalue weighted by molar-refractivity contribution is -0.126. The highest BCUT2D eigenvalue weighted by Gasteiger charge is 2.33. The maximum absolute atomic E-state index is 12.4. The van der Waals surface area contributed by atoms with Crippen LogP contribution in [0.4, 0.5) is 0 Å². The summed E-state index contributed by atoms with van der Waals surface area (Å²) >= 11 is 1.50. The molecule has 0 aliphatic carbocycles. The molecular formula is C15H21N5O4S2. The minimum absolute atomic E-state index is 0.119. The zero-order valence-electron chi connectivity index (χ0n) is 14.6. The van der Waals surface area contributed by atoms with Gasteiger partial charge in [0.2, 0.25) is 17.6 Å². The second-order valence-electron chi connectivity index (χ2n) is 6.19. The molecule has 1 amide bonds. The van der Waals surface area contributed by atoms with Crippen LogP contribution in [0.2, 0.25) is 0 Å². The van der Waals surface area contributed by atoms with Crippen molar-refractivity contribution in [3.05, 3.63) is 23.4 Å². The standard InChI is InChI=1S/C15H21N5O4S2/c1-19(2)26(22,23)20-7-3-5-11(10-20)15(21)16-9-13-17-14(18-24-13)12-6-4-8-25-12/h4,6,8,11H,3,5,7,9-10H2,1-2H3,(H,16,21)/t11-/m0/s1. The van der Waals surface area contributed by atoms with Gasteiger partial charge in [-0.25, -0.2) is 0 Å². The fourth-order valence-corrected chi connectivity index (χ4v) is 4.58. The lowest BCUT2D eigenvalue weighted by Gasteiger charge is -2.32. The van der Waals surface area contributed by atoms with Crippen molar-refractivity contribution in [2.75, 3.05) is 27.2 Å². The Labute approximate surface area is 156 Å². The lowest BCUT2D eigenvalue weighted by Crippen LogP contribution is -2.48. The highest BCUT2D eigenvalue weighted by Crippen LogP contribution is 2.22. The second kappa shape index (κ2) is 7.82. The number of thiophene rings is 1. The topological polar surface area (TPSA) is 109 Å². The molecule has 1 aliphatic rings. The zero-order valence-corrected chi connectivity index (χ0v) is 16.2. The van der Waals surface area contributed by atoms with E-state index in [1.165, 1.54) is 29.7 Å². The van der Waals surface area contributed by atoms with Crippen LogP contribution in [0, 0.1) is 5.92 Å². The van der Waals surface area contributed by atoms with E-state index in [1.54, 1.807) is 0 Å². The first-order valence-corrected chi connectivity index (χ1v) is 10.5. The highest BCUT2D eigenvalue weighted by molar-refractivity contribution is 7.86. The molecule has 2 aromatic rings. The normalized spacial score (nSPS) is 19.0. The molecule has 0 bridgehead atoms. The fourth-order valence-electron chi connectivity index (χ4n) is 2.74. The van der Waals surface area contributed by atoms with E-state index >= 15 is 0 Å². The summed E-state index contributed by atoms with van der Waals surface area (Å²) in [5.74, 6) is 0.207. The molecule has 3 rings (SSSR count). The van der Waals surface area contributed by atoms with Crippen LogP contribution < -0.4 is 5.32 Å². The molecule has 0 spiro atoms. The van der Waals surface area contributed by atoms with Crippen LogP contribution in [0.5, 0.6) is 0 Å². The van der Waals surface area contributed by atoms with E-state index in [-0.39, 0.29) is 19.0 Å². The summed E-state index contributed by atoms with van der Waals surface area (Å²) in [6.07, 6.45) is 1.30. The van der Waals surface area contributed by atoms with Gasteiger partial charge in [-0.3, -0.25) is 4.79 Å². The monoisotopic (exact) mass is 399 g/mol. The average molecular weight is 399 g/mol. The van der Waals surface area contributed by atoms with E-state index in [9.17, 15) is 13.2 Å². The molecule has 1 aliphatic heterocycles. The predicted molar refractivity (Wildman–Crippen MR) is 96.4 cm³/mol. The van der Waals surface area contributed by atoms with Gasteiger partial charge < -0.3 is 9.84 Å². The number of piperidine rings is 1. The first kappa shape index (κ1) is 19.0. The van der Waals surface area contributed by atoms with Gasteiger partial charge in [-0.05, 0) is 24.3 Å². The molecule has 3 heterocycles. The lowest BCUT2D eigenvalue weighted by atomic mass is 9.99. The van der Waals surface area contributed by atoms with Crippen molar-refractivity contribution in [1.82, 2.24) is 24.1 Å². The Hall–Kier alpha value is -1.82. The summed E-state index contributed by atoms with van der Waals surface area (Å²) in [5.41, 5.74) is 0. The smallest absolute Gasteiger partial charge is 0.281 e. The van der Waals surface area contributed by atoms with Crippen molar-refractivity contribution in [2.45, 2.75) is 19.4 Å². The molecule has 26 heavy (non-hydrogen) atoms. The van der Waals surface area contributed by atoms with Gasteiger partial charge in [0, 0.05) is 27.2 Å². The summed E-state index contributed by atoms with van der Waals surface area (Å²) in [4.78, 5) is 17.6. The molecule has 11 heteroatoms. The summed E-state index contributed by atoms with van der Waals surface area (Å²) in [7, 11) is -0.537. The molecule has 1 saturated heterocycles. The van der Waals surface area contributed by atoms with Crippen LogP contribution >= 0.6 is 11.3 Å². The molecule has 1 fully saturated rings. The number of carbonyl (C=O) groups is 1. The largest absolute Gasteiger partial charge is 0.347 e. The molecule has 2 aromatic heterocycles. The first-order chi connectivity index (χ1) is 12.4. The molecule has 0 aromatic carbocycles. The van der Waals surface area contributed by atoms with E-state index in [0.29, 0.717) is 31.1 Å². The third kappa shape index (κ3) is 4.11. The van der Waals surface area contributed by atoms with E-state index in [2.05, 4.69) is 15.5 Å². The van der Waals surface area contributed by atoms with E-state index < -0.39 is 16.1 Å². The number of hydrogen-bond donors (Lipinski definition) is 1. The molecule has 1 N–H and O–H groups in total. The summed E-state index contributed by atoms with van der Waals surface area (Å²) < 4.78 is 32.1. The summed E-state index contributed by atoms with van der Waals surface area (Å²) in [5, 5.41) is 8.57. The zero-order chi connectivity index (χ0) is 18.7. The molecule has 0 unspecified atom stereocenters. The predicted octanol–water partition coefficient (Wildman–Crippen LogP) is 0.933. The minimum Gasteiger partial charge on any atom is -0.347 e. The number of rotatable bonds is 6. The Morgan fingerprint density at radius 3 is 3.00 bits per heavy atom. The van der Waals surface area contributed by atoms with Crippen LogP contribution in [0.25, 0.3) is 10.7 Å². The maximum atomic E-state index is 12.4. The van der Waals surface area contributed by atoms with Crippen LogP contribution in [-0.2, 0) is 21.5 Å². The van der Waals surface area contributed by atoms with Gasteiger partial charge in [-0.1, -0.05) is 11.2 Å². The minimum atomic E-state index is -3.51. The third-order valence-electron chi connectivity index (χ3n) is 4.17. The van der Waals surface area contributed by atoms with Crippen LogP contribution in [0.3, 0.4) is 0 Å². The van der Waals surface area contributed by atoms with Gasteiger partial charge in [-0.15, -0.1) is 11.3 Å². The molecule has 0 radical (unpaired) electrons. The van der Waals surface area contributed by atoms with E-state index in [0.717, 1.165) is 9.18 Å². The average Bonchev–Trinajstić information content (AvgIpc) is 3.31. The van der Waals surface area contributed by atoms with Gasteiger partial charge in [0.15, 0.2) is 0 Å². The van der Waals surface area contributed by atoms with Crippen LogP contribution in [-0.4, -0.2) is 60.3 Å². The van der Waals surface area contributed by atoms with E-state index in [4.69, 9.17) is 4.52 Å². The quantitative estimate of drug-likeness (QED) is 0.774. The number of aromatic nitrogens is 2. The molecular weight excluding hydrogens is 378 g/mol. The third-order valence-corrected chi connectivity index (χ3v) is 6.94. The molecule has 0 saturated carbocycles. The number of carbonyl (C=O) groups excluding carboxylic acids is 1. The second-order valence-corrected chi connectivity index (χ2v) is 9.28. The van der Waals surface area contributed by atoms with Crippen molar-refractivity contribution in [3.63, 3.8) is 0 Å². The summed E-state index contributed by atoms with van der Waals surface area (Å²) in [6, 6.07) is 3.79. The maximum Gasteiger partial charge on any atom is 0.281 e. The Morgan fingerprint density at radius 2 is 2.31 bits per heavy atom. The number of nitrogens with zero attached hydrogens (tertiary/aromatic N) is 4. The molecule has 1 atom stereocenters. The van der Waals surface area contributed by atoms with Crippen molar-refractivity contribution in [3.8, 4) is 10.7 Å². The SMILES string of the molecule is CN(C)S(=O)(=O)N1CCC[C@H](C(=O)NCc2nc(-c3cccs3)no2)C1. The Morgan fingerprint density at radius 1 is 1.50 bits per heavy atom. The van der Waals surface area contributed by atoms with Gasteiger partial charge in [0.05, 0.1) is 17.3 Å². The summed E-state index contributed by atoms with van der Waals surface area (Å²) in [6.45, 7) is 0.725. The molecule has 142 valence electrons. The van der Waals surface area contributed by atoms with E-state index in [1.807, 2.05) is 17.5 Å². The van der Waals surface area contributed by atoms with Gasteiger partial charge in [0.25, 0.3) is 10.2 Å². The van der Waals surface area contributed by atoms with Crippen molar-refractivity contribution >= 4 is 27.5 Å². The highest BCUT2D eigenvalue weighted by atomic mass is 32.2. The number of amides is 1. The Kier molecular flexibility index (Phi) is 5.70. The van der Waals surface area contributed by atoms with Gasteiger partial charge >= 0.3 is 0 Å². The van der Waals surface area contributed by atoms with Crippen molar-refractivity contribution in [1.29, 1.82) is 0 Å². The van der Waals surface area contributed by atoms with Gasteiger partial charge in [-0.2, -0.15) is 22.0 Å². The Balaban J connectivity index is 1.56. The molecule has 9 nitrogen and oxygen atoms in total. The number of hydrogen-bond acceptors (Lipinski definition) is 7. The Bertz CT molecular complexity index is 847. The van der Waals surface area contributed by atoms with Crippen molar-refractivity contribution in [2.24, 2.45) is 5.92 Å². The number of nitrogens with one attached hydrogen (secondary N) is 1. The van der Waals surface area contributed by atoms with Crippen molar-refractivity contribution < 1.29 is 17.7 Å². The fraction of sp³-hybridized carbons (Fsp3) is 0.533.